The molecule has 0 spiro atoms. The summed E-state index contributed by atoms with van der Waals surface area (Å²) in [4.78, 5) is 11.9. The third-order valence-electron chi connectivity index (χ3n) is 4.62. The van der Waals surface area contributed by atoms with Gasteiger partial charge in [0.05, 0.1) is 6.61 Å². The van der Waals surface area contributed by atoms with E-state index in [1.807, 2.05) is 18.3 Å². The molecule has 0 radical (unpaired) electrons. The number of ether oxygens (including phenoxy) is 1. The number of rotatable bonds is 6. The smallest absolute Gasteiger partial charge is 0.160 e. The van der Waals surface area contributed by atoms with Gasteiger partial charge in [-0.05, 0) is 44.9 Å². The van der Waals surface area contributed by atoms with Crippen molar-refractivity contribution in [1.29, 1.82) is 0 Å². The van der Waals surface area contributed by atoms with Gasteiger partial charge in [0, 0.05) is 38.9 Å². The molecular weight excluding hydrogens is 276 g/mol. The second kappa shape index (κ2) is 6.75. The van der Waals surface area contributed by atoms with Crippen LogP contribution < -0.4 is 0 Å². The Bertz CT molecular complexity index is 622. The first kappa shape index (κ1) is 15.4. The standard InChI is InChI=1S/C17H26N4O/c1-13(2)20-8-6-14(12-20)11-16-19-15-5-4-7-18-17(15)21(16)9-10-22-3/h4-5,7,13-14H,6,8-12H2,1-3H3. The summed E-state index contributed by atoms with van der Waals surface area (Å²) >= 11 is 0. The molecule has 0 aromatic carbocycles. The maximum Gasteiger partial charge on any atom is 0.160 e. The molecule has 1 saturated heterocycles. The van der Waals surface area contributed by atoms with Crippen LogP contribution in [0.5, 0.6) is 0 Å². The number of likely N-dealkylation sites (tertiary alicyclic amines) is 1. The normalized spacial score (nSPS) is 19.5. The van der Waals surface area contributed by atoms with Crippen LogP contribution in [0.1, 0.15) is 26.1 Å². The number of methoxy groups -OCH3 is 1. The molecule has 120 valence electrons. The van der Waals surface area contributed by atoms with Crippen molar-refractivity contribution in [3.63, 3.8) is 0 Å². The Balaban J connectivity index is 1.80. The van der Waals surface area contributed by atoms with Gasteiger partial charge in [-0.3, -0.25) is 0 Å². The highest BCUT2D eigenvalue weighted by atomic mass is 16.5. The minimum absolute atomic E-state index is 0.638. The summed E-state index contributed by atoms with van der Waals surface area (Å²) in [6, 6.07) is 4.64. The number of hydrogen-bond acceptors (Lipinski definition) is 4. The fourth-order valence-electron chi connectivity index (χ4n) is 3.34. The molecule has 5 heteroatoms. The summed E-state index contributed by atoms with van der Waals surface area (Å²) in [7, 11) is 1.74. The Kier molecular flexibility index (Phi) is 4.74. The Morgan fingerprint density at radius 2 is 2.27 bits per heavy atom. The van der Waals surface area contributed by atoms with E-state index < -0.39 is 0 Å². The SMILES string of the molecule is COCCn1c(CC2CCN(C(C)C)C2)nc2cccnc21. The van der Waals surface area contributed by atoms with E-state index in [4.69, 9.17) is 9.72 Å². The molecule has 1 atom stereocenters. The number of aromatic nitrogens is 3. The number of imidazole rings is 1. The van der Waals surface area contributed by atoms with Crippen LogP contribution in [0.2, 0.25) is 0 Å². The van der Waals surface area contributed by atoms with Gasteiger partial charge in [-0.25, -0.2) is 9.97 Å². The van der Waals surface area contributed by atoms with Gasteiger partial charge in [0.2, 0.25) is 0 Å². The fraction of sp³-hybridized carbons (Fsp3) is 0.647. The van der Waals surface area contributed by atoms with E-state index in [0.717, 1.165) is 30.0 Å². The van der Waals surface area contributed by atoms with Crippen molar-refractivity contribution in [2.45, 2.75) is 39.3 Å². The van der Waals surface area contributed by atoms with Crippen molar-refractivity contribution in [3.05, 3.63) is 24.2 Å². The van der Waals surface area contributed by atoms with Crippen molar-refractivity contribution in [3.8, 4) is 0 Å². The first-order valence-electron chi connectivity index (χ1n) is 8.22. The van der Waals surface area contributed by atoms with E-state index in [2.05, 4.69) is 28.3 Å². The lowest BCUT2D eigenvalue weighted by atomic mass is 10.0. The second-order valence-electron chi connectivity index (χ2n) is 6.47. The number of nitrogens with zero attached hydrogens (tertiary/aromatic N) is 4. The maximum absolute atomic E-state index is 5.25. The Morgan fingerprint density at radius 1 is 1.41 bits per heavy atom. The fourth-order valence-corrected chi connectivity index (χ4v) is 3.34. The zero-order chi connectivity index (χ0) is 15.5. The van der Waals surface area contributed by atoms with E-state index in [9.17, 15) is 0 Å². The van der Waals surface area contributed by atoms with E-state index in [-0.39, 0.29) is 0 Å². The van der Waals surface area contributed by atoms with Gasteiger partial charge in [-0.2, -0.15) is 0 Å². The predicted molar refractivity (Wildman–Crippen MR) is 87.9 cm³/mol. The molecule has 1 fully saturated rings. The molecule has 22 heavy (non-hydrogen) atoms. The van der Waals surface area contributed by atoms with Crippen LogP contribution in [0.25, 0.3) is 11.2 Å². The van der Waals surface area contributed by atoms with Crippen molar-refractivity contribution >= 4 is 11.2 Å². The predicted octanol–water partition coefficient (Wildman–Crippen LogP) is 2.35. The molecule has 2 aromatic rings. The van der Waals surface area contributed by atoms with Crippen LogP contribution in [0.3, 0.4) is 0 Å². The third-order valence-corrected chi connectivity index (χ3v) is 4.62. The van der Waals surface area contributed by atoms with Crippen LogP contribution in [-0.2, 0) is 17.7 Å². The largest absolute Gasteiger partial charge is 0.383 e. The number of hydrogen-bond donors (Lipinski definition) is 0. The molecular formula is C17H26N4O. The Hall–Kier alpha value is -1.46. The highest BCUT2D eigenvalue weighted by molar-refractivity contribution is 5.71. The highest BCUT2D eigenvalue weighted by Gasteiger charge is 2.26. The molecule has 0 saturated carbocycles. The lowest BCUT2D eigenvalue weighted by molar-refractivity contribution is 0.187. The van der Waals surface area contributed by atoms with E-state index >= 15 is 0 Å². The lowest BCUT2D eigenvalue weighted by Crippen LogP contribution is -2.28. The van der Waals surface area contributed by atoms with Crippen molar-refractivity contribution in [2.75, 3.05) is 26.8 Å². The molecule has 1 aliphatic heterocycles. The van der Waals surface area contributed by atoms with Crippen molar-refractivity contribution < 1.29 is 4.74 Å². The Labute approximate surface area is 132 Å². The van der Waals surface area contributed by atoms with Crippen LogP contribution in [0.15, 0.2) is 18.3 Å². The third kappa shape index (κ3) is 3.15. The average molecular weight is 302 g/mol. The molecule has 3 rings (SSSR count). The summed E-state index contributed by atoms with van der Waals surface area (Å²) in [5, 5.41) is 0. The minimum atomic E-state index is 0.638. The van der Waals surface area contributed by atoms with Crippen LogP contribution >= 0.6 is 0 Å². The average Bonchev–Trinajstić information content (AvgIpc) is 3.10. The van der Waals surface area contributed by atoms with Crippen LogP contribution in [0, 0.1) is 5.92 Å². The minimum Gasteiger partial charge on any atom is -0.383 e. The molecule has 0 amide bonds. The zero-order valence-corrected chi connectivity index (χ0v) is 13.8. The topological polar surface area (TPSA) is 43.2 Å². The van der Waals surface area contributed by atoms with Gasteiger partial charge in [0.1, 0.15) is 11.3 Å². The summed E-state index contributed by atoms with van der Waals surface area (Å²) in [6.45, 7) is 8.45. The second-order valence-corrected chi connectivity index (χ2v) is 6.47. The maximum atomic E-state index is 5.25. The zero-order valence-electron chi connectivity index (χ0n) is 13.8. The monoisotopic (exact) mass is 302 g/mol. The highest BCUT2D eigenvalue weighted by Crippen LogP contribution is 2.24. The molecule has 0 aliphatic carbocycles. The van der Waals surface area contributed by atoms with E-state index in [0.29, 0.717) is 18.6 Å². The van der Waals surface area contributed by atoms with Gasteiger partial charge in [-0.1, -0.05) is 0 Å². The van der Waals surface area contributed by atoms with Gasteiger partial charge in [-0.15, -0.1) is 0 Å². The van der Waals surface area contributed by atoms with Crippen molar-refractivity contribution in [2.24, 2.45) is 5.92 Å². The van der Waals surface area contributed by atoms with Gasteiger partial charge >= 0.3 is 0 Å². The van der Waals surface area contributed by atoms with E-state index in [1.165, 1.54) is 19.5 Å². The summed E-state index contributed by atoms with van der Waals surface area (Å²) in [6.07, 6.45) is 4.13. The molecule has 0 bridgehead atoms. The van der Waals surface area contributed by atoms with E-state index in [1.54, 1.807) is 7.11 Å². The number of pyridine rings is 1. The van der Waals surface area contributed by atoms with Gasteiger partial charge in [0.25, 0.3) is 0 Å². The van der Waals surface area contributed by atoms with Crippen LogP contribution in [0.4, 0.5) is 0 Å². The molecule has 3 heterocycles. The molecule has 1 unspecified atom stereocenters. The van der Waals surface area contributed by atoms with Crippen LogP contribution in [-0.4, -0.2) is 52.3 Å². The summed E-state index contributed by atoms with van der Waals surface area (Å²) in [5.41, 5.74) is 1.97. The summed E-state index contributed by atoms with van der Waals surface area (Å²) < 4.78 is 7.49. The quantitative estimate of drug-likeness (QED) is 0.821. The van der Waals surface area contributed by atoms with Crippen molar-refractivity contribution in [1.82, 2.24) is 19.4 Å². The Morgan fingerprint density at radius 3 is 3.00 bits per heavy atom. The van der Waals surface area contributed by atoms with Gasteiger partial charge in [0.15, 0.2) is 5.65 Å². The number of fused-ring (bicyclic) bond motifs is 1. The summed E-state index contributed by atoms with van der Waals surface area (Å²) in [5.74, 6) is 1.85. The van der Waals surface area contributed by atoms with Gasteiger partial charge < -0.3 is 14.2 Å². The molecule has 5 nitrogen and oxygen atoms in total. The molecule has 1 aliphatic rings. The molecule has 2 aromatic heterocycles. The lowest BCUT2D eigenvalue weighted by Gasteiger charge is -2.20. The first-order valence-corrected chi connectivity index (χ1v) is 8.22. The first-order chi connectivity index (χ1) is 10.7. The molecule has 0 N–H and O–H groups in total.